The van der Waals surface area contributed by atoms with Crippen molar-refractivity contribution in [3.8, 4) is 20.6 Å². The van der Waals surface area contributed by atoms with Crippen LogP contribution in [0.15, 0.2) is 0 Å². The molecule has 0 aromatic carbocycles. The number of hydrogen-bond acceptors (Lipinski definition) is 0. The molecule has 0 aromatic heterocycles. The van der Waals surface area contributed by atoms with E-state index in [1.54, 1.807) is 0 Å². The van der Waals surface area contributed by atoms with Crippen molar-refractivity contribution < 1.29 is 0 Å². The van der Waals surface area contributed by atoms with E-state index in [1.165, 1.54) is 0 Å². The molecule has 0 aromatic rings. The van der Waals surface area contributed by atoms with Crippen molar-refractivity contribution in [3.63, 3.8) is 0 Å². The molecule has 0 N–H and O–H groups in total. The van der Waals surface area contributed by atoms with Crippen molar-refractivity contribution in [2.45, 2.75) is 49.2 Å². The van der Waals surface area contributed by atoms with Crippen molar-refractivity contribution in [1.29, 1.82) is 0 Å². The van der Waals surface area contributed by atoms with Crippen LogP contribution in [-0.4, -0.2) is 43.9 Å². The van der Waals surface area contributed by atoms with Crippen molar-refractivity contribution in [2.75, 3.05) is 0 Å². The average Bonchev–Trinajstić information content (AvgIpc) is 2.11. The summed E-state index contributed by atoms with van der Waals surface area (Å²) in [5.74, 6) is 9.33. The molecule has 0 saturated heterocycles. The van der Waals surface area contributed by atoms with Gasteiger partial charge in [-0.1, -0.05) is 0 Å². The van der Waals surface area contributed by atoms with Crippen LogP contribution < -0.4 is 0 Å². The molecule has 0 saturated carbocycles. The molecule has 0 aliphatic rings. The maximum absolute atomic E-state index is 3.66. The molecular formula is C12H24Ge2Si2. The Bertz CT molecular complexity index is 313. The quantitative estimate of drug-likeness (QED) is 0.492. The van der Waals surface area contributed by atoms with E-state index in [0.717, 1.165) is 0 Å². The second-order valence-corrected chi connectivity index (χ2v) is 29.7. The second kappa shape index (κ2) is 6.54. The van der Waals surface area contributed by atoms with Crippen molar-refractivity contribution in [3.05, 3.63) is 0 Å². The van der Waals surface area contributed by atoms with Gasteiger partial charge in [0.1, 0.15) is 0 Å². The summed E-state index contributed by atoms with van der Waals surface area (Å²) in [4.78, 5) is 0. The molecular weight excluding hydrogens is 346 g/mol. The molecule has 0 fully saturated rings. The summed E-state index contributed by atoms with van der Waals surface area (Å²) in [6.45, 7) is 9.70. The summed E-state index contributed by atoms with van der Waals surface area (Å²) in [7, 11) is -2.78. The third-order valence-corrected chi connectivity index (χ3v) is 21.2. The number of hydrogen-bond donors (Lipinski definition) is 0. The molecule has 0 spiro atoms. The van der Waals surface area contributed by atoms with Gasteiger partial charge in [-0.25, -0.2) is 0 Å². The van der Waals surface area contributed by atoms with Gasteiger partial charge in [0.2, 0.25) is 0 Å². The van der Waals surface area contributed by atoms with Crippen LogP contribution in [0.4, 0.5) is 0 Å². The maximum atomic E-state index is 3.66. The fourth-order valence-corrected chi connectivity index (χ4v) is 13.5. The first kappa shape index (κ1) is 16.6. The molecule has 0 aliphatic carbocycles. The van der Waals surface area contributed by atoms with Crippen molar-refractivity contribution >= 4 is 43.9 Å². The van der Waals surface area contributed by atoms with Crippen LogP contribution >= 0.6 is 0 Å². The zero-order valence-electron chi connectivity index (χ0n) is 12.0. The summed E-state index contributed by atoms with van der Waals surface area (Å²) in [6.07, 6.45) is 0. The Hall–Kier alpha value is 0.639. The normalized spacial score (nSPS) is 11.9. The van der Waals surface area contributed by atoms with E-state index in [0.29, 0.717) is 0 Å². The Morgan fingerprint density at radius 1 is 0.625 bits per heavy atom. The minimum atomic E-state index is -1.39. The first-order valence-electron chi connectivity index (χ1n) is 5.75. The van der Waals surface area contributed by atoms with Gasteiger partial charge in [-0.05, 0) is 0 Å². The number of rotatable bonds is 1. The monoisotopic (exact) mass is 372 g/mol. The summed E-state index contributed by atoms with van der Waals surface area (Å²) >= 11 is -1.93. The van der Waals surface area contributed by atoms with Gasteiger partial charge >= 0.3 is 114 Å². The van der Waals surface area contributed by atoms with E-state index in [-0.39, 0.29) is 0 Å². The molecule has 0 aliphatic heterocycles. The third kappa shape index (κ3) is 5.82. The van der Waals surface area contributed by atoms with E-state index >= 15 is 0 Å². The molecule has 0 nitrogen and oxygen atoms in total. The third-order valence-electron chi connectivity index (χ3n) is 2.81. The van der Waals surface area contributed by atoms with Crippen LogP contribution in [0.25, 0.3) is 0 Å². The van der Waals surface area contributed by atoms with Crippen LogP contribution in [0.1, 0.15) is 0 Å². The van der Waals surface area contributed by atoms with Crippen molar-refractivity contribution in [1.82, 2.24) is 0 Å². The molecule has 0 bridgehead atoms. The van der Waals surface area contributed by atoms with Crippen LogP contribution in [0.3, 0.4) is 0 Å². The van der Waals surface area contributed by atoms with Gasteiger partial charge in [0, 0.05) is 0 Å². The standard InChI is InChI=1S/C12H24Ge2Si2/c1-13(2)9-11-15(5,6)16(7,8)12-10-14(3)4/h1-8H3. The van der Waals surface area contributed by atoms with Crippen LogP contribution in [0.2, 0.25) is 49.2 Å². The van der Waals surface area contributed by atoms with Crippen LogP contribution in [0.5, 0.6) is 0 Å². The second-order valence-electron chi connectivity index (χ2n) is 5.75. The van der Waals surface area contributed by atoms with Gasteiger partial charge < -0.3 is 0 Å². The van der Waals surface area contributed by atoms with Gasteiger partial charge in [-0.15, -0.1) is 0 Å². The molecule has 0 atom stereocenters. The van der Waals surface area contributed by atoms with Crippen LogP contribution in [-0.2, 0) is 0 Å². The fourth-order valence-electron chi connectivity index (χ4n) is 0.875. The molecule has 2 radical (unpaired) electrons. The van der Waals surface area contributed by atoms with E-state index in [4.69, 9.17) is 0 Å². The molecule has 88 valence electrons. The zero-order chi connectivity index (χ0) is 13.0. The van der Waals surface area contributed by atoms with Gasteiger partial charge in [0.15, 0.2) is 0 Å². The average molecular weight is 370 g/mol. The van der Waals surface area contributed by atoms with E-state index in [9.17, 15) is 0 Å². The Morgan fingerprint density at radius 3 is 1.06 bits per heavy atom. The molecule has 4 heteroatoms. The Kier molecular flexibility index (Phi) is 6.80. The van der Waals surface area contributed by atoms with Gasteiger partial charge in [-0.3, -0.25) is 0 Å². The van der Waals surface area contributed by atoms with Crippen LogP contribution in [0, 0.1) is 20.6 Å². The summed E-state index contributed by atoms with van der Waals surface area (Å²) in [5, 5.41) is 0. The van der Waals surface area contributed by atoms with E-state index < -0.39 is 43.9 Å². The van der Waals surface area contributed by atoms with Gasteiger partial charge in [0.05, 0.1) is 0 Å². The first-order valence-corrected chi connectivity index (χ1v) is 23.2. The molecule has 16 heavy (non-hydrogen) atoms. The molecule has 0 unspecified atom stereocenters. The van der Waals surface area contributed by atoms with Gasteiger partial charge in [0.25, 0.3) is 0 Å². The molecule has 0 amide bonds. The fraction of sp³-hybridized carbons (Fsp3) is 0.667. The Labute approximate surface area is 113 Å². The van der Waals surface area contributed by atoms with E-state index in [2.05, 4.69) is 69.8 Å². The Balaban J connectivity index is 5.03. The first-order chi connectivity index (χ1) is 7.08. The Morgan fingerprint density at radius 2 is 0.875 bits per heavy atom. The molecule has 0 heterocycles. The summed E-state index contributed by atoms with van der Waals surface area (Å²) < 4.78 is 7.08. The van der Waals surface area contributed by atoms with Crippen molar-refractivity contribution in [2.24, 2.45) is 0 Å². The minimum absolute atomic E-state index is 0.967. The zero-order valence-corrected chi connectivity index (χ0v) is 18.2. The molecule has 0 rings (SSSR count). The SMILES string of the molecule is [CH3][Ge]([CH3])[C]#C[Si](C)(C)[Si](C)(C)C#[C][Ge]([CH3])[CH3]. The van der Waals surface area contributed by atoms with Gasteiger partial charge in [-0.2, -0.15) is 0 Å². The topological polar surface area (TPSA) is 0 Å². The summed E-state index contributed by atoms with van der Waals surface area (Å²) in [5.41, 5.74) is 7.33. The predicted octanol–water partition coefficient (Wildman–Crippen LogP) is 3.15. The summed E-state index contributed by atoms with van der Waals surface area (Å²) in [6, 6.07) is 0. The van der Waals surface area contributed by atoms with E-state index in [1.807, 2.05) is 0 Å². The predicted molar refractivity (Wildman–Crippen MR) is 85.5 cm³/mol.